The smallest absolute Gasteiger partial charge is 0.330 e. The molecule has 130 valence electrons. The van der Waals surface area contributed by atoms with Gasteiger partial charge in [-0.15, -0.1) is 0 Å². The lowest BCUT2D eigenvalue weighted by Gasteiger charge is -2.19. The Balaban J connectivity index is 2.36. The number of aliphatic hydroxyl groups is 3. The number of hydrogen-bond acceptors (Lipinski definition) is 7. The van der Waals surface area contributed by atoms with Crippen LogP contribution < -0.4 is 11.2 Å². The van der Waals surface area contributed by atoms with E-state index in [4.69, 9.17) is 14.6 Å². The summed E-state index contributed by atoms with van der Waals surface area (Å²) >= 11 is 2.12. The van der Waals surface area contributed by atoms with Crippen LogP contribution in [0.2, 0.25) is 0 Å². The van der Waals surface area contributed by atoms with Gasteiger partial charge in [0.25, 0.3) is 5.56 Å². The van der Waals surface area contributed by atoms with Crippen molar-refractivity contribution in [1.82, 2.24) is 9.55 Å². The normalized spacial score (nSPS) is 28.9. The minimum Gasteiger partial charge on any atom is -0.394 e. The summed E-state index contributed by atoms with van der Waals surface area (Å²) in [5.41, 5.74) is -1.01. The molecular weight excluding hydrogens is 423 g/mol. The number of nitrogens with one attached hydrogen (secondary N) is 1. The van der Waals surface area contributed by atoms with E-state index in [0.29, 0.717) is 9.99 Å². The third-order valence-corrected chi connectivity index (χ3v) is 4.77. The Morgan fingerprint density at radius 2 is 2.13 bits per heavy atom. The van der Waals surface area contributed by atoms with Crippen LogP contribution in [0.3, 0.4) is 0 Å². The van der Waals surface area contributed by atoms with Crippen LogP contribution in [0.25, 0.3) is 0 Å². The van der Waals surface area contributed by atoms with Crippen LogP contribution in [0.15, 0.2) is 15.8 Å². The monoisotopic (exact) mass is 442 g/mol. The maximum Gasteiger partial charge on any atom is 0.330 e. The quantitative estimate of drug-likeness (QED) is 0.300. The molecule has 23 heavy (non-hydrogen) atoms. The minimum absolute atomic E-state index is 0.201. The van der Waals surface area contributed by atoms with Gasteiger partial charge in [-0.05, 0) is 0 Å². The van der Waals surface area contributed by atoms with E-state index in [9.17, 15) is 19.8 Å². The standard InChI is InChI=1S/C13H19IN2O7/c1-22-7(3-14)2-6-4-16(13(21)15-11(6)20)12-10(19)9(18)8(5-17)23-12/h4,7-10,12,17-19H,2-3,5H2,1H3,(H,15,20,21)/t7-,8-,9?,10?,12-/m1/s1. The van der Waals surface area contributed by atoms with Crippen molar-refractivity contribution in [3.63, 3.8) is 0 Å². The van der Waals surface area contributed by atoms with Gasteiger partial charge in [0.15, 0.2) is 6.23 Å². The molecule has 4 N–H and O–H groups in total. The molecular formula is C13H19IN2O7. The molecule has 0 spiro atoms. The number of aromatic amines is 1. The average Bonchev–Trinajstić information content (AvgIpc) is 2.82. The number of methoxy groups -OCH3 is 1. The highest BCUT2D eigenvalue weighted by molar-refractivity contribution is 14.1. The molecule has 1 saturated heterocycles. The zero-order valence-corrected chi connectivity index (χ0v) is 14.5. The first-order valence-electron chi connectivity index (χ1n) is 6.98. The van der Waals surface area contributed by atoms with Gasteiger partial charge in [0.2, 0.25) is 0 Å². The van der Waals surface area contributed by atoms with E-state index in [0.717, 1.165) is 4.57 Å². The molecule has 0 bridgehead atoms. The lowest BCUT2D eigenvalue weighted by molar-refractivity contribution is -0.0551. The van der Waals surface area contributed by atoms with Gasteiger partial charge in [-0.1, -0.05) is 22.6 Å². The lowest BCUT2D eigenvalue weighted by atomic mass is 10.1. The zero-order valence-electron chi connectivity index (χ0n) is 12.4. The van der Waals surface area contributed by atoms with E-state index in [2.05, 4.69) is 27.6 Å². The fourth-order valence-corrected chi connectivity index (χ4v) is 3.09. The highest BCUT2D eigenvalue weighted by Gasteiger charge is 2.43. The fraction of sp³-hybridized carbons (Fsp3) is 0.692. The van der Waals surface area contributed by atoms with Crippen molar-refractivity contribution in [2.45, 2.75) is 37.1 Å². The molecule has 2 heterocycles. The number of rotatable bonds is 6. The van der Waals surface area contributed by atoms with Crippen molar-refractivity contribution in [2.24, 2.45) is 0 Å². The molecule has 1 aromatic heterocycles. The molecule has 5 atom stereocenters. The van der Waals surface area contributed by atoms with Gasteiger partial charge in [0, 0.05) is 29.7 Å². The molecule has 0 saturated carbocycles. The summed E-state index contributed by atoms with van der Waals surface area (Å²) < 4.78 is 12.2. The summed E-state index contributed by atoms with van der Waals surface area (Å²) in [4.78, 5) is 26.1. The third-order valence-electron chi connectivity index (χ3n) is 3.79. The largest absolute Gasteiger partial charge is 0.394 e. The van der Waals surface area contributed by atoms with Crippen molar-refractivity contribution >= 4 is 22.6 Å². The van der Waals surface area contributed by atoms with E-state index in [1.54, 1.807) is 0 Å². The first-order chi connectivity index (χ1) is 10.9. The molecule has 0 aliphatic carbocycles. The average molecular weight is 442 g/mol. The molecule has 1 aliphatic heterocycles. The Morgan fingerprint density at radius 3 is 2.65 bits per heavy atom. The highest BCUT2D eigenvalue weighted by Crippen LogP contribution is 2.28. The van der Waals surface area contributed by atoms with E-state index >= 15 is 0 Å². The van der Waals surface area contributed by atoms with Gasteiger partial charge in [0.1, 0.15) is 18.3 Å². The van der Waals surface area contributed by atoms with Gasteiger partial charge in [-0.3, -0.25) is 14.3 Å². The van der Waals surface area contributed by atoms with Crippen LogP contribution >= 0.6 is 22.6 Å². The molecule has 10 heteroatoms. The molecule has 1 aromatic rings. The van der Waals surface area contributed by atoms with Crippen LogP contribution in [0.1, 0.15) is 11.8 Å². The first-order valence-corrected chi connectivity index (χ1v) is 8.51. The predicted octanol–water partition coefficient (Wildman–Crippen LogP) is -1.86. The van der Waals surface area contributed by atoms with Gasteiger partial charge in [-0.25, -0.2) is 4.79 Å². The summed E-state index contributed by atoms with van der Waals surface area (Å²) in [6.07, 6.45) is -3.54. The van der Waals surface area contributed by atoms with Crippen molar-refractivity contribution < 1.29 is 24.8 Å². The van der Waals surface area contributed by atoms with Crippen molar-refractivity contribution in [3.8, 4) is 0 Å². The van der Waals surface area contributed by atoms with E-state index < -0.39 is 42.4 Å². The topological polar surface area (TPSA) is 134 Å². The molecule has 1 aliphatic rings. The Bertz CT molecular complexity index is 642. The van der Waals surface area contributed by atoms with Crippen LogP contribution in [-0.4, -0.2) is 67.4 Å². The van der Waals surface area contributed by atoms with Gasteiger partial charge in [-0.2, -0.15) is 0 Å². The molecule has 0 radical (unpaired) electrons. The Morgan fingerprint density at radius 1 is 1.43 bits per heavy atom. The number of H-pyrrole nitrogens is 1. The van der Waals surface area contributed by atoms with E-state index in [1.165, 1.54) is 13.3 Å². The third kappa shape index (κ3) is 3.83. The SMILES string of the molecule is CO[C@@H](CI)Cc1cn([C@@H]2O[C@H](CO)C(O)C2O)c(=O)[nH]c1=O. The van der Waals surface area contributed by atoms with Crippen molar-refractivity contribution in [1.29, 1.82) is 0 Å². The lowest BCUT2D eigenvalue weighted by Crippen LogP contribution is -2.39. The Hall–Kier alpha value is -0.790. The maximum atomic E-state index is 12.0. The first kappa shape index (κ1) is 18.5. The summed E-state index contributed by atoms with van der Waals surface area (Å²) in [5, 5.41) is 28.9. The summed E-state index contributed by atoms with van der Waals surface area (Å²) in [6.45, 7) is -0.500. The number of aromatic nitrogens is 2. The molecule has 0 aromatic carbocycles. The number of aliphatic hydroxyl groups excluding tert-OH is 3. The zero-order chi connectivity index (χ0) is 17.1. The second-order valence-electron chi connectivity index (χ2n) is 5.27. The number of alkyl halides is 1. The van der Waals surface area contributed by atoms with Gasteiger partial charge in [0.05, 0.1) is 12.7 Å². The Kier molecular flexibility index (Phi) is 6.33. The molecule has 0 amide bonds. The second kappa shape index (κ2) is 7.85. The van der Waals surface area contributed by atoms with Crippen LogP contribution in [-0.2, 0) is 15.9 Å². The predicted molar refractivity (Wildman–Crippen MR) is 87.7 cm³/mol. The van der Waals surface area contributed by atoms with E-state index in [1.807, 2.05) is 0 Å². The number of ether oxygens (including phenoxy) is 2. The van der Waals surface area contributed by atoms with Crippen LogP contribution in [0, 0.1) is 0 Å². The summed E-state index contributed by atoms with van der Waals surface area (Å²) in [7, 11) is 1.53. The molecule has 1 fully saturated rings. The Labute approximate surface area is 145 Å². The second-order valence-corrected chi connectivity index (χ2v) is 6.15. The maximum absolute atomic E-state index is 12.0. The van der Waals surface area contributed by atoms with Gasteiger partial charge < -0.3 is 24.8 Å². The number of halogens is 1. The highest BCUT2D eigenvalue weighted by atomic mass is 127. The van der Waals surface area contributed by atoms with E-state index in [-0.39, 0.29) is 12.5 Å². The molecule has 2 unspecified atom stereocenters. The fourth-order valence-electron chi connectivity index (χ4n) is 2.42. The number of hydrogen-bond donors (Lipinski definition) is 4. The van der Waals surface area contributed by atoms with Crippen molar-refractivity contribution in [2.75, 3.05) is 18.1 Å². The summed E-state index contributed by atoms with van der Waals surface area (Å²) in [5.74, 6) is 0. The number of nitrogens with zero attached hydrogens (tertiary/aromatic N) is 1. The van der Waals surface area contributed by atoms with Crippen LogP contribution in [0.4, 0.5) is 0 Å². The molecule has 2 rings (SSSR count). The molecule has 9 nitrogen and oxygen atoms in total. The minimum atomic E-state index is -1.40. The summed E-state index contributed by atoms with van der Waals surface area (Å²) in [6, 6.07) is 0. The van der Waals surface area contributed by atoms with Crippen LogP contribution in [0.5, 0.6) is 0 Å². The van der Waals surface area contributed by atoms with Crippen molar-refractivity contribution in [3.05, 3.63) is 32.6 Å². The van der Waals surface area contributed by atoms with Gasteiger partial charge >= 0.3 is 5.69 Å².